The summed E-state index contributed by atoms with van der Waals surface area (Å²) in [5.41, 5.74) is 3.12. The molecule has 2 unspecified atom stereocenters. The van der Waals surface area contributed by atoms with Gasteiger partial charge >= 0.3 is 0 Å². The minimum Gasteiger partial charge on any atom is -0.507 e. The molecule has 9 heteroatoms. The third kappa shape index (κ3) is 3.74. The number of phenolic OH excluding ortho intramolecular Hbond substituents is 1. The summed E-state index contributed by atoms with van der Waals surface area (Å²) in [6.45, 7) is 1.70. The van der Waals surface area contributed by atoms with Gasteiger partial charge in [-0.2, -0.15) is 0 Å². The Kier molecular flexibility index (Phi) is 6.09. The van der Waals surface area contributed by atoms with Crippen LogP contribution in [0, 0.1) is 35.0 Å². The van der Waals surface area contributed by atoms with Crippen molar-refractivity contribution >= 4 is 29.0 Å². The van der Waals surface area contributed by atoms with Crippen LogP contribution in [-0.2, 0) is 25.6 Å². The fraction of sp³-hybridized carbons (Fsp3) is 0.367. The molecule has 0 aromatic heterocycles. The lowest BCUT2D eigenvalue weighted by molar-refractivity contribution is -0.185. The van der Waals surface area contributed by atoms with Gasteiger partial charge in [0.15, 0.2) is 34.7 Å². The zero-order valence-electron chi connectivity index (χ0n) is 21.7. The number of carbonyl (C=O) groups is 5. The number of Topliss-reactive ketones (excluding diaryl/α,β-unsaturated/α-hetero) is 4. The number of rotatable bonds is 2. The van der Waals surface area contributed by atoms with Crippen LogP contribution < -0.4 is 5.73 Å². The predicted molar refractivity (Wildman–Crippen MR) is 138 cm³/mol. The summed E-state index contributed by atoms with van der Waals surface area (Å²) in [4.78, 5) is 68.2. The molecule has 0 aliphatic heterocycles. The summed E-state index contributed by atoms with van der Waals surface area (Å²) >= 11 is 0. The van der Waals surface area contributed by atoms with Crippen LogP contribution in [0.3, 0.4) is 0 Å². The number of nitrogens with two attached hydrogens (primary N) is 1. The normalized spacial score (nSPS) is 31.6. The minimum absolute atomic E-state index is 0.0435. The number of carbonyl (C=O) groups excluding carboxylic acids is 5. The summed E-state index contributed by atoms with van der Waals surface area (Å²) < 4.78 is 0. The van der Waals surface area contributed by atoms with Crippen LogP contribution in [0.1, 0.15) is 40.4 Å². The third-order valence-electron chi connectivity index (χ3n) is 8.49. The summed E-state index contributed by atoms with van der Waals surface area (Å²) in [6, 6.07) is 11.0. The second kappa shape index (κ2) is 8.97. The maximum Gasteiger partial charge on any atom is 0.235 e. The topological polar surface area (TPSA) is 155 Å². The Morgan fingerprint density at radius 1 is 1.03 bits per heavy atom. The Morgan fingerprint density at radius 2 is 1.69 bits per heavy atom. The van der Waals surface area contributed by atoms with E-state index in [2.05, 4.69) is 11.8 Å². The number of phenols is 1. The standard InChI is InChI=1S/C30H28N2O7/c1-29-13-17-16(10-9-15-7-5-4-6-8-15)11-12-19(33)20(17)24(34)22(29)27(37)30(39)18(14-29)23(32(2)3)25(35)21(26(30)36)28(31)38/h4-8,11-12,18,21-23,33,39H,13-14H2,1-3H3,(H2,31,38)/t18-,21?,22?,23-,29-,30+/m1/s1. The highest BCUT2D eigenvalue weighted by Gasteiger charge is 2.71. The zero-order chi connectivity index (χ0) is 28.4. The van der Waals surface area contributed by atoms with E-state index >= 15 is 0 Å². The van der Waals surface area contributed by atoms with Crippen LogP contribution in [0.5, 0.6) is 5.75 Å². The van der Waals surface area contributed by atoms with Gasteiger partial charge in [-0.05, 0) is 62.2 Å². The lowest BCUT2D eigenvalue weighted by atomic mass is 9.47. The molecule has 39 heavy (non-hydrogen) atoms. The van der Waals surface area contributed by atoms with Crippen LogP contribution in [0.4, 0.5) is 0 Å². The summed E-state index contributed by atoms with van der Waals surface area (Å²) in [5, 5.41) is 22.4. The van der Waals surface area contributed by atoms with Crippen molar-refractivity contribution in [1.29, 1.82) is 0 Å². The van der Waals surface area contributed by atoms with Gasteiger partial charge < -0.3 is 15.9 Å². The molecule has 0 bridgehead atoms. The number of ketones is 4. The van der Waals surface area contributed by atoms with Crippen molar-refractivity contribution in [2.24, 2.45) is 28.9 Å². The van der Waals surface area contributed by atoms with Gasteiger partial charge in [0.25, 0.3) is 0 Å². The summed E-state index contributed by atoms with van der Waals surface area (Å²) in [5.74, 6) is -4.06. The van der Waals surface area contributed by atoms with Gasteiger partial charge in [0.05, 0.1) is 17.5 Å². The molecule has 0 radical (unpaired) electrons. The Labute approximate surface area is 225 Å². The van der Waals surface area contributed by atoms with E-state index < -0.39 is 63.9 Å². The zero-order valence-corrected chi connectivity index (χ0v) is 21.7. The molecule has 200 valence electrons. The van der Waals surface area contributed by atoms with Gasteiger partial charge in [0.2, 0.25) is 5.91 Å². The molecule has 2 aromatic carbocycles. The van der Waals surface area contributed by atoms with Gasteiger partial charge in [-0.25, -0.2) is 0 Å². The highest BCUT2D eigenvalue weighted by atomic mass is 16.3. The maximum atomic E-state index is 14.0. The van der Waals surface area contributed by atoms with Gasteiger partial charge in [-0.1, -0.05) is 37.0 Å². The lowest BCUT2D eigenvalue weighted by Gasteiger charge is -2.56. The number of hydrogen-bond donors (Lipinski definition) is 3. The van der Waals surface area contributed by atoms with Crippen LogP contribution in [0.25, 0.3) is 0 Å². The number of amides is 1. The Hall–Kier alpha value is -4.13. The summed E-state index contributed by atoms with van der Waals surface area (Å²) in [7, 11) is 3.10. The fourth-order valence-corrected chi connectivity index (χ4v) is 6.76. The number of aliphatic hydroxyl groups is 1. The Balaban J connectivity index is 1.66. The predicted octanol–water partition coefficient (Wildman–Crippen LogP) is 0.657. The molecule has 2 fully saturated rings. The number of primary amides is 1. The number of fused-ring (bicyclic) bond motifs is 3. The SMILES string of the molecule is CN(C)[C@H]1C(=O)C(C(N)=O)C(=O)[C@]2(O)C(=O)C3C(=O)c4c(O)ccc(C#Cc5ccccc5)c4C[C@]3(C)C[C@H]12. The Morgan fingerprint density at radius 3 is 2.31 bits per heavy atom. The van der Waals surface area contributed by atoms with Crippen LogP contribution in [0.2, 0.25) is 0 Å². The quantitative estimate of drug-likeness (QED) is 0.379. The fourth-order valence-electron chi connectivity index (χ4n) is 6.76. The third-order valence-corrected chi connectivity index (χ3v) is 8.49. The molecule has 0 saturated heterocycles. The molecular formula is C30H28N2O7. The van der Waals surface area contributed by atoms with E-state index in [1.165, 1.54) is 11.0 Å². The van der Waals surface area contributed by atoms with Crippen LogP contribution in [0.15, 0.2) is 42.5 Å². The molecular weight excluding hydrogens is 500 g/mol. The van der Waals surface area contributed by atoms with E-state index in [0.717, 1.165) is 5.56 Å². The van der Waals surface area contributed by atoms with E-state index in [1.54, 1.807) is 27.1 Å². The van der Waals surface area contributed by atoms with Crippen molar-refractivity contribution in [2.45, 2.75) is 31.4 Å². The maximum absolute atomic E-state index is 14.0. The monoisotopic (exact) mass is 528 g/mol. The molecule has 5 rings (SSSR count). The van der Waals surface area contributed by atoms with Gasteiger partial charge in [-0.3, -0.25) is 28.9 Å². The smallest absolute Gasteiger partial charge is 0.235 e. The lowest BCUT2D eigenvalue weighted by Crippen LogP contribution is -2.75. The van der Waals surface area contributed by atoms with Crippen molar-refractivity contribution in [2.75, 3.05) is 14.1 Å². The van der Waals surface area contributed by atoms with Crippen LogP contribution in [-0.4, -0.2) is 69.9 Å². The number of hydrogen-bond acceptors (Lipinski definition) is 8. The number of benzene rings is 2. The van der Waals surface area contributed by atoms with E-state index in [1.807, 2.05) is 30.3 Å². The van der Waals surface area contributed by atoms with E-state index in [4.69, 9.17) is 5.73 Å². The molecule has 0 heterocycles. The van der Waals surface area contributed by atoms with Gasteiger partial charge in [0.1, 0.15) is 5.75 Å². The molecule has 2 saturated carbocycles. The van der Waals surface area contributed by atoms with Crippen molar-refractivity contribution in [1.82, 2.24) is 4.90 Å². The highest BCUT2D eigenvalue weighted by molar-refractivity contribution is 6.32. The highest BCUT2D eigenvalue weighted by Crippen LogP contribution is 2.56. The van der Waals surface area contributed by atoms with Gasteiger partial charge in [-0.15, -0.1) is 0 Å². The number of likely N-dealkylation sites (N-methyl/N-ethyl adjacent to an activating group) is 1. The van der Waals surface area contributed by atoms with E-state index in [0.29, 0.717) is 11.1 Å². The number of aromatic hydroxyl groups is 1. The van der Waals surface area contributed by atoms with Crippen molar-refractivity contribution < 1.29 is 34.2 Å². The van der Waals surface area contributed by atoms with Crippen molar-refractivity contribution in [3.05, 3.63) is 64.7 Å². The van der Waals surface area contributed by atoms with Crippen LogP contribution >= 0.6 is 0 Å². The first-order valence-corrected chi connectivity index (χ1v) is 12.6. The number of nitrogens with zero attached hydrogens (tertiary/aromatic N) is 1. The second-order valence-corrected chi connectivity index (χ2v) is 11.2. The van der Waals surface area contributed by atoms with E-state index in [-0.39, 0.29) is 24.2 Å². The average Bonchev–Trinajstić information content (AvgIpc) is 2.86. The molecule has 3 aliphatic carbocycles. The molecule has 1 amide bonds. The van der Waals surface area contributed by atoms with E-state index in [9.17, 15) is 34.2 Å². The average molecular weight is 529 g/mol. The molecule has 2 aromatic rings. The molecule has 3 aliphatic rings. The Bertz CT molecular complexity index is 1520. The minimum atomic E-state index is -2.76. The molecule has 6 atom stereocenters. The summed E-state index contributed by atoms with van der Waals surface area (Å²) in [6.07, 6.45) is 0.0874. The second-order valence-electron chi connectivity index (χ2n) is 11.2. The van der Waals surface area contributed by atoms with Crippen molar-refractivity contribution in [3.8, 4) is 17.6 Å². The first-order valence-electron chi connectivity index (χ1n) is 12.6. The first kappa shape index (κ1) is 26.5. The molecule has 4 N–H and O–H groups in total. The van der Waals surface area contributed by atoms with Gasteiger partial charge in [0, 0.05) is 17.0 Å². The molecule has 0 spiro atoms. The largest absolute Gasteiger partial charge is 0.507 e. The molecule has 9 nitrogen and oxygen atoms in total. The van der Waals surface area contributed by atoms with Crippen molar-refractivity contribution in [3.63, 3.8) is 0 Å². The first-order chi connectivity index (χ1) is 18.3.